The summed E-state index contributed by atoms with van der Waals surface area (Å²) in [6, 6.07) is 0. The minimum absolute atomic E-state index is 0. The van der Waals surface area contributed by atoms with Gasteiger partial charge < -0.3 is 39.0 Å². The normalized spacial score (nSPS) is 10.2. The van der Waals surface area contributed by atoms with Crippen molar-refractivity contribution in [3.8, 4) is 0 Å². The molecule has 0 bridgehead atoms. The first-order valence-electron chi connectivity index (χ1n) is 10.5. The average molecular weight is 465 g/mol. The lowest BCUT2D eigenvalue weighted by molar-refractivity contribution is -0.141. The van der Waals surface area contributed by atoms with Crippen LogP contribution in [0.1, 0.15) is 60.8 Å². The number of hydrogen-bond acceptors (Lipinski definition) is 8. The zero-order valence-electron chi connectivity index (χ0n) is 18.8. The maximum Gasteiger partial charge on any atom is 0.157 e. The van der Waals surface area contributed by atoms with Crippen molar-refractivity contribution in [1.29, 1.82) is 0 Å². The van der Waals surface area contributed by atoms with Gasteiger partial charge >= 0.3 is 0 Å². The fourth-order valence-corrected chi connectivity index (χ4v) is 2.09. The molecule has 0 radical (unpaired) electrons. The molecule has 0 amide bonds. The highest BCUT2D eigenvalue weighted by Crippen LogP contribution is 2.05. The molecule has 0 aliphatic heterocycles. The van der Waals surface area contributed by atoms with Crippen LogP contribution in [0.4, 0.5) is 0 Å². The van der Waals surface area contributed by atoms with E-state index < -0.39 is 0 Å². The molecule has 0 atom stereocenters. The van der Waals surface area contributed by atoms with Gasteiger partial charge in [0.1, 0.15) is 0 Å². The molecule has 0 fully saturated rings. The van der Waals surface area contributed by atoms with Gasteiger partial charge in [-0.05, 0) is 47.0 Å². The zero-order chi connectivity index (χ0) is 22.6. The lowest BCUT2D eigenvalue weighted by Crippen LogP contribution is -2.18. The van der Waals surface area contributed by atoms with Gasteiger partial charge in [-0.1, -0.05) is 7.43 Å². The predicted octanol–water partition coefficient (Wildman–Crippen LogP) is 3.19. The number of rotatable bonds is 18. The standard InChI is InChI=1S/C10H22O4.C8H17ClO2.C2H6O2.CH4/c1-3-13-10(14-4-2)6-5-8-12-9-7-11;1-3-10-8(11-4-2)6-5-7-9;3-1-2-4;/h10-11H,3-9H2,1-2H3;8H,3-7H2,1-2H3;3-4H,1-2H2;1H4. The molecule has 0 heterocycles. The van der Waals surface area contributed by atoms with Gasteiger partial charge in [0.15, 0.2) is 12.6 Å². The predicted molar refractivity (Wildman–Crippen MR) is 122 cm³/mol. The van der Waals surface area contributed by atoms with Crippen molar-refractivity contribution < 1.29 is 39.0 Å². The number of ether oxygens (including phenoxy) is 5. The van der Waals surface area contributed by atoms with Gasteiger partial charge in [-0.3, -0.25) is 0 Å². The summed E-state index contributed by atoms with van der Waals surface area (Å²) in [5.74, 6) is 0.677. The van der Waals surface area contributed by atoms with Crippen LogP contribution in [-0.4, -0.2) is 93.2 Å². The fourth-order valence-electron chi connectivity index (χ4n) is 1.94. The summed E-state index contributed by atoms with van der Waals surface area (Å²) in [7, 11) is 0. The Hall–Kier alpha value is -0.0300. The number of halogens is 1. The molecule has 0 aromatic carbocycles. The molecule has 8 nitrogen and oxygen atoms in total. The Labute approximate surface area is 189 Å². The Morgan fingerprint density at radius 1 is 0.633 bits per heavy atom. The topological polar surface area (TPSA) is 107 Å². The molecule has 0 aliphatic rings. The second-order valence-electron chi connectivity index (χ2n) is 5.44. The molecule has 188 valence electrons. The molecule has 0 spiro atoms. The Kier molecular flexibility index (Phi) is 45.2. The van der Waals surface area contributed by atoms with Gasteiger partial charge in [-0.25, -0.2) is 0 Å². The molecule has 0 aromatic rings. The molecule has 0 unspecified atom stereocenters. The molecular formula is C21H49ClO8. The number of aliphatic hydroxyl groups is 3. The van der Waals surface area contributed by atoms with Crippen LogP contribution in [0, 0.1) is 0 Å². The highest BCUT2D eigenvalue weighted by molar-refractivity contribution is 6.17. The van der Waals surface area contributed by atoms with Crippen LogP contribution in [0.15, 0.2) is 0 Å². The average Bonchev–Trinajstić information content (AvgIpc) is 2.73. The molecule has 0 aromatic heterocycles. The quantitative estimate of drug-likeness (QED) is 0.161. The van der Waals surface area contributed by atoms with Gasteiger partial charge in [0.2, 0.25) is 0 Å². The smallest absolute Gasteiger partial charge is 0.157 e. The van der Waals surface area contributed by atoms with Crippen molar-refractivity contribution in [2.75, 3.05) is 65.3 Å². The van der Waals surface area contributed by atoms with Crippen LogP contribution in [-0.2, 0) is 23.7 Å². The summed E-state index contributed by atoms with van der Waals surface area (Å²) in [4.78, 5) is 0. The van der Waals surface area contributed by atoms with E-state index in [-0.39, 0.29) is 39.8 Å². The minimum Gasteiger partial charge on any atom is -0.394 e. The highest BCUT2D eigenvalue weighted by Gasteiger charge is 2.07. The molecule has 30 heavy (non-hydrogen) atoms. The van der Waals surface area contributed by atoms with Gasteiger partial charge in [0, 0.05) is 45.3 Å². The van der Waals surface area contributed by atoms with Crippen LogP contribution in [0.2, 0.25) is 0 Å². The molecule has 0 rings (SSSR count). The number of alkyl halides is 1. The second kappa shape index (κ2) is 36.3. The number of aliphatic hydroxyl groups excluding tert-OH is 3. The fraction of sp³-hybridized carbons (Fsp3) is 1.00. The van der Waals surface area contributed by atoms with E-state index in [9.17, 15) is 0 Å². The monoisotopic (exact) mass is 464 g/mol. The SMILES string of the molecule is C.CCOC(CCCCl)OCC.CCOC(CCCOCCO)OCC.OCCO. The van der Waals surface area contributed by atoms with Crippen molar-refractivity contribution >= 4 is 11.6 Å². The highest BCUT2D eigenvalue weighted by atomic mass is 35.5. The van der Waals surface area contributed by atoms with E-state index >= 15 is 0 Å². The van der Waals surface area contributed by atoms with Crippen LogP contribution in [0.25, 0.3) is 0 Å². The largest absolute Gasteiger partial charge is 0.394 e. The Balaban J connectivity index is -0.000000189. The van der Waals surface area contributed by atoms with Crippen LogP contribution in [0.5, 0.6) is 0 Å². The van der Waals surface area contributed by atoms with Crippen LogP contribution in [0.3, 0.4) is 0 Å². The third-order valence-electron chi connectivity index (χ3n) is 3.05. The van der Waals surface area contributed by atoms with Gasteiger partial charge in [-0.15, -0.1) is 11.6 Å². The maximum absolute atomic E-state index is 8.47. The van der Waals surface area contributed by atoms with E-state index in [0.717, 1.165) is 25.7 Å². The minimum atomic E-state index is -0.125. The Morgan fingerprint density at radius 3 is 1.33 bits per heavy atom. The van der Waals surface area contributed by atoms with E-state index in [1.165, 1.54) is 0 Å². The summed E-state index contributed by atoms with van der Waals surface area (Å²) in [5, 5.41) is 23.7. The summed E-state index contributed by atoms with van der Waals surface area (Å²) in [5.41, 5.74) is 0. The van der Waals surface area contributed by atoms with Gasteiger partial charge in [-0.2, -0.15) is 0 Å². The molecule has 0 saturated carbocycles. The van der Waals surface area contributed by atoms with E-state index in [1.54, 1.807) is 0 Å². The molecule has 0 saturated heterocycles. The summed E-state index contributed by atoms with van der Waals surface area (Å²) < 4.78 is 26.5. The first-order chi connectivity index (χ1) is 14.1. The van der Waals surface area contributed by atoms with E-state index in [2.05, 4.69) is 0 Å². The van der Waals surface area contributed by atoms with E-state index in [1.807, 2.05) is 27.7 Å². The summed E-state index contributed by atoms with van der Waals surface area (Å²) in [6.07, 6.45) is 3.42. The Morgan fingerprint density at radius 2 is 1.03 bits per heavy atom. The maximum atomic E-state index is 8.47. The van der Waals surface area contributed by atoms with Crippen molar-refractivity contribution in [3.05, 3.63) is 0 Å². The van der Waals surface area contributed by atoms with Crippen LogP contribution >= 0.6 is 11.6 Å². The second-order valence-corrected chi connectivity index (χ2v) is 5.82. The van der Waals surface area contributed by atoms with Gasteiger partial charge in [0.05, 0.1) is 26.4 Å². The lowest BCUT2D eigenvalue weighted by Gasteiger charge is -2.16. The van der Waals surface area contributed by atoms with Crippen molar-refractivity contribution in [3.63, 3.8) is 0 Å². The summed E-state index contributed by atoms with van der Waals surface area (Å²) in [6.45, 7) is 11.5. The molecule has 0 aliphatic carbocycles. The van der Waals surface area contributed by atoms with E-state index in [0.29, 0.717) is 45.5 Å². The molecule has 9 heteroatoms. The van der Waals surface area contributed by atoms with Crippen molar-refractivity contribution in [1.82, 2.24) is 0 Å². The third kappa shape index (κ3) is 35.4. The summed E-state index contributed by atoms with van der Waals surface area (Å²) >= 11 is 5.53. The zero-order valence-corrected chi connectivity index (χ0v) is 19.6. The van der Waals surface area contributed by atoms with Crippen molar-refractivity contribution in [2.45, 2.75) is 73.4 Å². The van der Waals surface area contributed by atoms with Gasteiger partial charge in [0.25, 0.3) is 0 Å². The molecular weight excluding hydrogens is 416 g/mol. The van der Waals surface area contributed by atoms with Crippen LogP contribution < -0.4 is 0 Å². The molecule has 3 N–H and O–H groups in total. The first kappa shape index (κ1) is 37.3. The first-order valence-corrected chi connectivity index (χ1v) is 11.1. The lowest BCUT2D eigenvalue weighted by atomic mass is 10.3. The van der Waals surface area contributed by atoms with Crippen molar-refractivity contribution in [2.24, 2.45) is 0 Å². The Bertz CT molecular complexity index is 249. The third-order valence-corrected chi connectivity index (χ3v) is 3.32. The van der Waals surface area contributed by atoms with E-state index in [4.69, 9.17) is 50.6 Å². The number of hydrogen-bond donors (Lipinski definition) is 3.